The zero-order valence-electron chi connectivity index (χ0n) is 13.0. The van der Waals surface area contributed by atoms with Crippen molar-refractivity contribution in [3.8, 4) is 10.6 Å². The third-order valence-corrected chi connectivity index (χ3v) is 5.46. The van der Waals surface area contributed by atoms with Gasteiger partial charge in [0.05, 0.1) is 10.2 Å². The normalized spacial score (nSPS) is 11.6. The Morgan fingerprint density at radius 1 is 0.720 bits per heavy atom. The SMILES string of the molecule is Fc1ccc2c(-c3nc4c(ccc5cc(F)ccc54)s3)cccc2c1. The van der Waals surface area contributed by atoms with Crippen LogP contribution in [0.1, 0.15) is 0 Å². The van der Waals surface area contributed by atoms with Gasteiger partial charge in [-0.05, 0) is 52.6 Å². The molecule has 0 fully saturated rings. The maximum Gasteiger partial charge on any atom is 0.125 e. The van der Waals surface area contributed by atoms with Crippen molar-refractivity contribution in [2.45, 2.75) is 0 Å². The molecule has 0 aliphatic heterocycles. The number of nitrogens with zero attached hydrogens (tertiary/aromatic N) is 1. The first-order chi connectivity index (χ1) is 12.2. The molecule has 4 heteroatoms. The molecule has 0 amide bonds. The Labute approximate surface area is 146 Å². The molecule has 0 aliphatic rings. The molecule has 25 heavy (non-hydrogen) atoms. The summed E-state index contributed by atoms with van der Waals surface area (Å²) in [6.07, 6.45) is 0. The van der Waals surface area contributed by atoms with Crippen molar-refractivity contribution in [1.82, 2.24) is 4.98 Å². The van der Waals surface area contributed by atoms with Crippen LogP contribution in [0.25, 0.3) is 42.3 Å². The van der Waals surface area contributed by atoms with Gasteiger partial charge >= 0.3 is 0 Å². The topological polar surface area (TPSA) is 12.9 Å². The number of hydrogen-bond donors (Lipinski definition) is 0. The summed E-state index contributed by atoms with van der Waals surface area (Å²) in [6.45, 7) is 0. The first kappa shape index (κ1) is 14.5. The van der Waals surface area contributed by atoms with Crippen molar-refractivity contribution >= 4 is 43.1 Å². The lowest BCUT2D eigenvalue weighted by atomic mass is 10.0. The molecule has 0 saturated heterocycles. The number of thiazole rings is 1. The van der Waals surface area contributed by atoms with E-state index in [0.29, 0.717) is 0 Å². The molecule has 1 aromatic heterocycles. The van der Waals surface area contributed by atoms with Crippen LogP contribution in [0.2, 0.25) is 0 Å². The lowest BCUT2D eigenvalue weighted by Crippen LogP contribution is -1.82. The van der Waals surface area contributed by atoms with Gasteiger partial charge in [-0.2, -0.15) is 0 Å². The minimum atomic E-state index is -0.251. The maximum atomic E-state index is 13.5. The molecular formula is C21H11F2NS. The molecular weight excluding hydrogens is 336 g/mol. The number of benzene rings is 4. The summed E-state index contributed by atoms with van der Waals surface area (Å²) in [5, 5.41) is 4.48. The van der Waals surface area contributed by atoms with E-state index in [4.69, 9.17) is 4.98 Å². The zero-order chi connectivity index (χ0) is 17.0. The van der Waals surface area contributed by atoms with Gasteiger partial charge in [0.2, 0.25) is 0 Å². The van der Waals surface area contributed by atoms with Gasteiger partial charge in [0.15, 0.2) is 0 Å². The Morgan fingerprint density at radius 2 is 1.44 bits per heavy atom. The number of aromatic nitrogens is 1. The van der Waals surface area contributed by atoms with Crippen LogP contribution in [-0.2, 0) is 0 Å². The molecule has 0 radical (unpaired) electrons. The average Bonchev–Trinajstić information content (AvgIpc) is 3.05. The van der Waals surface area contributed by atoms with Crippen molar-refractivity contribution in [3.63, 3.8) is 0 Å². The molecule has 1 nitrogen and oxygen atoms in total. The van der Waals surface area contributed by atoms with Gasteiger partial charge in [0, 0.05) is 10.9 Å². The third-order valence-electron chi connectivity index (χ3n) is 4.41. The highest BCUT2D eigenvalue weighted by Crippen LogP contribution is 2.37. The Balaban J connectivity index is 1.80. The smallest absolute Gasteiger partial charge is 0.125 e. The van der Waals surface area contributed by atoms with E-state index in [9.17, 15) is 8.78 Å². The standard InChI is InChI=1S/C21H11F2NS/c22-14-5-7-16-12(10-14)2-1-3-18(16)21-24-20-17-8-6-15(23)11-13(17)4-9-19(20)25-21/h1-11H. The second-order valence-electron chi connectivity index (χ2n) is 5.97. The number of hydrogen-bond acceptors (Lipinski definition) is 2. The number of halogens is 2. The predicted octanol–water partition coefficient (Wildman–Crippen LogP) is 6.55. The summed E-state index contributed by atoms with van der Waals surface area (Å²) in [5.74, 6) is -0.500. The van der Waals surface area contributed by atoms with Crippen LogP contribution < -0.4 is 0 Å². The summed E-state index contributed by atoms with van der Waals surface area (Å²) < 4.78 is 28.0. The van der Waals surface area contributed by atoms with Crippen LogP contribution in [0, 0.1) is 11.6 Å². The van der Waals surface area contributed by atoms with Gasteiger partial charge in [0.25, 0.3) is 0 Å². The van der Waals surface area contributed by atoms with Crippen molar-refractivity contribution in [2.24, 2.45) is 0 Å². The van der Waals surface area contributed by atoms with Crippen molar-refractivity contribution in [3.05, 3.63) is 78.4 Å². The minimum Gasteiger partial charge on any atom is -0.235 e. The van der Waals surface area contributed by atoms with Gasteiger partial charge in [-0.3, -0.25) is 0 Å². The first-order valence-electron chi connectivity index (χ1n) is 7.86. The Kier molecular flexibility index (Phi) is 3.09. The molecule has 5 aromatic rings. The molecule has 0 unspecified atom stereocenters. The Bertz CT molecular complexity index is 1270. The molecule has 120 valence electrons. The van der Waals surface area contributed by atoms with E-state index in [1.807, 2.05) is 30.3 Å². The van der Waals surface area contributed by atoms with E-state index in [0.717, 1.165) is 42.3 Å². The van der Waals surface area contributed by atoms with Gasteiger partial charge in [-0.1, -0.05) is 30.3 Å². The van der Waals surface area contributed by atoms with E-state index in [1.165, 1.54) is 24.3 Å². The van der Waals surface area contributed by atoms with Gasteiger partial charge < -0.3 is 0 Å². The molecule has 0 atom stereocenters. The van der Waals surface area contributed by atoms with E-state index in [1.54, 1.807) is 23.5 Å². The fraction of sp³-hybridized carbons (Fsp3) is 0. The molecule has 5 rings (SSSR count). The summed E-state index contributed by atoms with van der Waals surface area (Å²) in [5.41, 5.74) is 1.85. The second-order valence-corrected chi connectivity index (χ2v) is 7.00. The zero-order valence-corrected chi connectivity index (χ0v) is 13.8. The monoisotopic (exact) mass is 347 g/mol. The molecule has 4 aromatic carbocycles. The average molecular weight is 347 g/mol. The van der Waals surface area contributed by atoms with E-state index >= 15 is 0 Å². The highest BCUT2D eigenvalue weighted by molar-refractivity contribution is 7.21. The second kappa shape index (κ2) is 5.33. The summed E-state index contributed by atoms with van der Waals surface area (Å²) in [7, 11) is 0. The van der Waals surface area contributed by atoms with E-state index in [-0.39, 0.29) is 11.6 Å². The summed E-state index contributed by atoms with van der Waals surface area (Å²) in [4.78, 5) is 4.82. The quantitative estimate of drug-likeness (QED) is 0.335. The van der Waals surface area contributed by atoms with Crippen LogP contribution in [0.15, 0.2) is 66.7 Å². The van der Waals surface area contributed by atoms with Crippen molar-refractivity contribution in [1.29, 1.82) is 0 Å². The van der Waals surface area contributed by atoms with Crippen molar-refractivity contribution in [2.75, 3.05) is 0 Å². The fourth-order valence-electron chi connectivity index (χ4n) is 3.25. The van der Waals surface area contributed by atoms with Crippen LogP contribution in [0.3, 0.4) is 0 Å². The maximum absolute atomic E-state index is 13.5. The molecule has 0 spiro atoms. The molecule has 1 heterocycles. The summed E-state index contributed by atoms with van der Waals surface area (Å²) in [6, 6.07) is 19.3. The van der Waals surface area contributed by atoms with E-state index in [2.05, 4.69) is 0 Å². The predicted molar refractivity (Wildman–Crippen MR) is 100.0 cm³/mol. The number of rotatable bonds is 1. The molecule has 0 bridgehead atoms. The fourth-order valence-corrected chi connectivity index (χ4v) is 4.27. The third kappa shape index (κ3) is 2.29. The number of fused-ring (bicyclic) bond motifs is 4. The molecule has 0 aliphatic carbocycles. The van der Waals surface area contributed by atoms with E-state index < -0.39 is 0 Å². The van der Waals surface area contributed by atoms with Crippen LogP contribution in [0.5, 0.6) is 0 Å². The minimum absolute atomic E-state index is 0.248. The highest BCUT2D eigenvalue weighted by Gasteiger charge is 2.12. The van der Waals surface area contributed by atoms with Crippen molar-refractivity contribution < 1.29 is 8.78 Å². The molecule has 0 saturated carbocycles. The highest BCUT2D eigenvalue weighted by atomic mass is 32.1. The lowest BCUT2D eigenvalue weighted by Gasteiger charge is -2.03. The van der Waals surface area contributed by atoms with Crippen LogP contribution in [-0.4, -0.2) is 4.98 Å². The first-order valence-corrected chi connectivity index (χ1v) is 8.68. The van der Waals surface area contributed by atoms with Gasteiger partial charge in [-0.15, -0.1) is 11.3 Å². The van der Waals surface area contributed by atoms with Gasteiger partial charge in [-0.25, -0.2) is 13.8 Å². The molecule has 0 N–H and O–H groups in total. The Hall–Kier alpha value is -2.85. The van der Waals surface area contributed by atoms with Gasteiger partial charge in [0.1, 0.15) is 16.6 Å². The lowest BCUT2D eigenvalue weighted by molar-refractivity contribution is 0.629. The van der Waals surface area contributed by atoms with Crippen LogP contribution >= 0.6 is 11.3 Å². The summed E-state index contributed by atoms with van der Waals surface area (Å²) >= 11 is 1.59. The van der Waals surface area contributed by atoms with Crippen LogP contribution in [0.4, 0.5) is 8.78 Å². The largest absolute Gasteiger partial charge is 0.235 e. The Morgan fingerprint density at radius 3 is 2.24 bits per heavy atom.